The number of aliphatic imine (C=N–C) groups is 1. The molecule has 0 aromatic heterocycles. The van der Waals surface area contributed by atoms with Crippen molar-refractivity contribution >= 4 is 16.8 Å². The highest BCUT2D eigenvalue weighted by molar-refractivity contribution is 8.15. The zero-order valence-corrected chi connectivity index (χ0v) is 10.8. The Balaban J connectivity index is 2.61. The van der Waals surface area contributed by atoms with Crippen LogP contribution in [0.2, 0.25) is 0 Å². The van der Waals surface area contributed by atoms with Gasteiger partial charge in [0.15, 0.2) is 0 Å². The highest BCUT2D eigenvalue weighted by atomic mass is 32.2. The fraction of sp³-hybridized carbons (Fsp3) is 0.917. The fourth-order valence-corrected chi connectivity index (χ4v) is 3.47. The van der Waals surface area contributed by atoms with E-state index in [0.717, 1.165) is 12.5 Å². The molecule has 1 aliphatic heterocycles. The van der Waals surface area contributed by atoms with E-state index in [4.69, 9.17) is 4.99 Å². The third kappa shape index (κ3) is 2.33. The molecule has 0 amide bonds. The molecule has 1 rings (SSSR count). The number of rotatable bonds is 5. The average molecular weight is 213 g/mol. The number of hydrogen-bond acceptors (Lipinski definition) is 2. The van der Waals surface area contributed by atoms with Crippen molar-refractivity contribution in [1.82, 2.24) is 0 Å². The lowest BCUT2D eigenvalue weighted by atomic mass is 10.0. The van der Waals surface area contributed by atoms with Gasteiger partial charge in [-0.05, 0) is 25.7 Å². The quantitative estimate of drug-likeness (QED) is 0.669. The number of hydrogen-bond donors (Lipinski definition) is 0. The maximum absolute atomic E-state index is 4.75. The summed E-state index contributed by atoms with van der Waals surface area (Å²) in [5, 5.41) is 1.43. The molecule has 2 heteroatoms. The Kier molecular flexibility index (Phi) is 4.49. The summed E-state index contributed by atoms with van der Waals surface area (Å²) in [6.45, 7) is 10.2. The van der Waals surface area contributed by atoms with Gasteiger partial charge in [-0.2, -0.15) is 0 Å². The van der Waals surface area contributed by atoms with E-state index in [1.807, 2.05) is 0 Å². The summed E-state index contributed by atoms with van der Waals surface area (Å²) < 4.78 is 0.442. The lowest BCUT2D eigenvalue weighted by Gasteiger charge is -2.24. The van der Waals surface area contributed by atoms with Gasteiger partial charge >= 0.3 is 0 Å². The molecule has 1 heterocycles. The van der Waals surface area contributed by atoms with Crippen LogP contribution in [0, 0.1) is 5.92 Å². The number of nitrogens with zero attached hydrogens (tertiary/aromatic N) is 1. The second kappa shape index (κ2) is 5.20. The van der Waals surface area contributed by atoms with Crippen LogP contribution in [-0.2, 0) is 0 Å². The van der Waals surface area contributed by atoms with Crippen LogP contribution >= 0.6 is 11.8 Å². The van der Waals surface area contributed by atoms with Gasteiger partial charge < -0.3 is 0 Å². The van der Waals surface area contributed by atoms with Gasteiger partial charge in [0, 0.05) is 10.7 Å². The summed E-state index contributed by atoms with van der Waals surface area (Å²) in [6.07, 6.45) is 4.99. The van der Waals surface area contributed by atoms with E-state index < -0.39 is 0 Å². The summed E-state index contributed by atoms with van der Waals surface area (Å²) in [7, 11) is 0. The molecule has 0 aromatic rings. The minimum Gasteiger partial charge on any atom is -0.281 e. The predicted octanol–water partition coefficient (Wildman–Crippen LogP) is 4.13. The second-order valence-electron chi connectivity index (χ2n) is 4.16. The van der Waals surface area contributed by atoms with Crippen molar-refractivity contribution in [2.24, 2.45) is 10.9 Å². The van der Waals surface area contributed by atoms with Crippen LogP contribution in [-0.4, -0.2) is 16.3 Å². The molecule has 0 saturated carbocycles. The van der Waals surface area contributed by atoms with Crippen molar-refractivity contribution in [1.29, 1.82) is 0 Å². The van der Waals surface area contributed by atoms with Crippen molar-refractivity contribution in [2.75, 3.05) is 6.54 Å². The molecule has 0 saturated heterocycles. The molecular formula is C12H23NS. The van der Waals surface area contributed by atoms with Crippen molar-refractivity contribution < 1.29 is 0 Å². The van der Waals surface area contributed by atoms with Crippen LogP contribution in [0.1, 0.15) is 53.4 Å². The Hall–Kier alpha value is 0.0200. The van der Waals surface area contributed by atoms with Gasteiger partial charge in [-0.15, -0.1) is 11.8 Å². The van der Waals surface area contributed by atoms with Crippen LogP contribution in [0.25, 0.3) is 0 Å². The maximum Gasteiger partial charge on any atom is 0.0713 e. The van der Waals surface area contributed by atoms with Crippen LogP contribution in [0.3, 0.4) is 0 Å². The van der Waals surface area contributed by atoms with Crippen LogP contribution in [0.4, 0.5) is 0 Å². The monoisotopic (exact) mass is 213 g/mol. The Morgan fingerprint density at radius 1 is 1.21 bits per heavy atom. The first-order valence-corrected chi connectivity index (χ1v) is 6.76. The fourth-order valence-electron chi connectivity index (χ4n) is 1.98. The van der Waals surface area contributed by atoms with Crippen LogP contribution < -0.4 is 0 Å². The summed E-state index contributed by atoms with van der Waals surface area (Å²) >= 11 is 2.07. The molecular weight excluding hydrogens is 190 g/mol. The van der Waals surface area contributed by atoms with Crippen molar-refractivity contribution in [3.05, 3.63) is 0 Å². The van der Waals surface area contributed by atoms with Gasteiger partial charge in [0.05, 0.1) is 11.6 Å². The smallest absolute Gasteiger partial charge is 0.0713 e. The Bertz CT molecular complexity index is 202. The molecule has 0 bridgehead atoms. The summed E-state index contributed by atoms with van der Waals surface area (Å²) in [5.74, 6) is 0.722. The van der Waals surface area contributed by atoms with Crippen LogP contribution in [0.15, 0.2) is 4.99 Å². The SMILES string of the molecule is CCC(CC)C1=NCC(CC)(CC)S1. The number of thioether (sulfide) groups is 1. The molecule has 0 aromatic carbocycles. The molecule has 0 atom stereocenters. The topological polar surface area (TPSA) is 12.4 Å². The van der Waals surface area contributed by atoms with E-state index in [1.165, 1.54) is 30.7 Å². The standard InChI is InChI=1S/C12H23NS/c1-5-10(6-2)11-13-9-12(7-3,8-4)14-11/h10H,5-9H2,1-4H3. The normalized spacial score (nSPS) is 20.2. The molecule has 82 valence electrons. The minimum atomic E-state index is 0.442. The third-order valence-electron chi connectivity index (χ3n) is 3.47. The third-order valence-corrected chi connectivity index (χ3v) is 5.28. The lowest BCUT2D eigenvalue weighted by Crippen LogP contribution is -2.24. The molecule has 0 aliphatic carbocycles. The highest BCUT2D eigenvalue weighted by Crippen LogP contribution is 2.41. The second-order valence-corrected chi connectivity index (χ2v) is 5.65. The summed E-state index contributed by atoms with van der Waals surface area (Å²) in [6, 6.07) is 0. The van der Waals surface area contributed by atoms with Gasteiger partial charge in [0.1, 0.15) is 0 Å². The van der Waals surface area contributed by atoms with E-state index in [9.17, 15) is 0 Å². The maximum atomic E-state index is 4.75. The first kappa shape index (κ1) is 12.1. The van der Waals surface area contributed by atoms with Gasteiger partial charge in [0.2, 0.25) is 0 Å². The zero-order chi connectivity index (χ0) is 10.6. The van der Waals surface area contributed by atoms with Gasteiger partial charge in [0.25, 0.3) is 0 Å². The first-order chi connectivity index (χ1) is 6.71. The van der Waals surface area contributed by atoms with Crippen molar-refractivity contribution in [3.8, 4) is 0 Å². The van der Waals surface area contributed by atoms with Gasteiger partial charge in [-0.1, -0.05) is 27.7 Å². The first-order valence-electron chi connectivity index (χ1n) is 5.94. The Morgan fingerprint density at radius 2 is 1.79 bits per heavy atom. The van der Waals surface area contributed by atoms with Crippen molar-refractivity contribution in [3.63, 3.8) is 0 Å². The molecule has 0 fully saturated rings. The van der Waals surface area contributed by atoms with E-state index >= 15 is 0 Å². The summed E-state index contributed by atoms with van der Waals surface area (Å²) in [5.41, 5.74) is 0. The molecule has 1 nitrogen and oxygen atoms in total. The van der Waals surface area contributed by atoms with E-state index in [-0.39, 0.29) is 0 Å². The van der Waals surface area contributed by atoms with Crippen LogP contribution in [0.5, 0.6) is 0 Å². The lowest BCUT2D eigenvalue weighted by molar-refractivity contribution is 0.569. The largest absolute Gasteiger partial charge is 0.281 e. The average Bonchev–Trinajstić information content (AvgIpc) is 2.65. The Labute approximate surface area is 92.8 Å². The zero-order valence-electron chi connectivity index (χ0n) is 9.97. The van der Waals surface area contributed by atoms with Gasteiger partial charge in [-0.25, -0.2) is 0 Å². The van der Waals surface area contributed by atoms with E-state index in [2.05, 4.69) is 39.5 Å². The highest BCUT2D eigenvalue weighted by Gasteiger charge is 2.35. The Morgan fingerprint density at radius 3 is 2.14 bits per heavy atom. The molecule has 1 aliphatic rings. The van der Waals surface area contributed by atoms with Crippen molar-refractivity contribution in [2.45, 2.75) is 58.1 Å². The predicted molar refractivity (Wildman–Crippen MR) is 67.3 cm³/mol. The molecule has 0 N–H and O–H groups in total. The van der Waals surface area contributed by atoms with E-state index in [0.29, 0.717) is 4.75 Å². The molecule has 14 heavy (non-hydrogen) atoms. The van der Waals surface area contributed by atoms with Gasteiger partial charge in [-0.3, -0.25) is 4.99 Å². The molecule has 0 radical (unpaired) electrons. The molecule has 0 unspecified atom stereocenters. The minimum absolute atomic E-state index is 0.442. The van der Waals surface area contributed by atoms with E-state index in [1.54, 1.807) is 0 Å². The summed E-state index contributed by atoms with van der Waals surface area (Å²) in [4.78, 5) is 4.75. The molecule has 0 spiro atoms.